The van der Waals surface area contributed by atoms with Gasteiger partial charge in [0.1, 0.15) is 5.78 Å². The molecule has 23 heavy (non-hydrogen) atoms. The lowest BCUT2D eigenvalue weighted by Crippen LogP contribution is -2.13. The molecule has 2 atom stereocenters. The van der Waals surface area contributed by atoms with Gasteiger partial charge in [-0.05, 0) is 50.9 Å². The van der Waals surface area contributed by atoms with E-state index in [0.29, 0.717) is 18.1 Å². The number of unbranched alkanes of at least 4 members (excludes halogenated alkanes) is 4. The van der Waals surface area contributed by atoms with Crippen molar-refractivity contribution in [3.63, 3.8) is 0 Å². The summed E-state index contributed by atoms with van der Waals surface area (Å²) in [6.07, 6.45) is 18.9. The largest absolute Gasteiger partial charge is 0.481 e. The minimum atomic E-state index is -0.741. The third-order valence-electron chi connectivity index (χ3n) is 4.64. The molecule has 0 radical (unpaired) electrons. The van der Waals surface area contributed by atoms with Gasteiger partial charge < -0.3 is 5.11 Å². The van der Waals surface area contributed by atoms with Crippen molar-refractivity contribution in [3.05, 3.63) is 24.3 Å². The maximum absolute atomic E-state index is 12.0. The number of carbonyl (C=O) groups excluding carboxylic acids is 1. The highest BCUT2D eigenvalue weighted by atomic mass is 16.4. The number of aliphatic carboxylic acids is 1. The van der Waals surface area contributed by atoms with Crippen LogP contribution < -0.4 is 0 Å². The van der Waals surface area contributed by atoms with E-state index in [9.17, 15) is 9.59 Å². The van der Waals surface area contributed by atoms with Crippen LogP contribution in [0.4, 0.5) is 0 Å². The van der Waals surface area contributed by atoms with E-state index >= 15 is 0 Å². The Morgan fingerprint density at radius 3 is 2.48 bits per heavy atom. The smallest absolute Gasteiger partial charge is 0.303 e. The number of carboxylic acid groups (broad SMARTS) is 1. The molecule has 0 aliphatic heterocycles. The first-order valence-electron chi connectivity index (χ1n) is 9.19. The second kappa shape index (κ2) is 12.1. The molecule has 0 saturated heterocycles. The summed E-state index contributed by atoms with van der Waals surface area (Å²) < 4.78 is 0. The van der Waals surface area contributed by atoms with Crippen molar-refractivity contribution in [1.82, 2.24) is 0 Å². The molecule has 0 heterocycles. The Bertz CT molecular complexity index is 409. The van der Waals surface area contributed by atoms with Crippen LogP contribution in [-0.2, 0) is 9.59 Å². The van der Waals surface area contributed by atoms with Crippen LogP contribution in [-0.4, -0.2) is 16.9 Å². The van der Waals surface area contributed by atoms with Gasteiger partial charge in [0.05, 0.1) is 0 Å². The van der Waals surface area contributed by atoms with Gasteiger partial charge in [0, 0.05) is 18.8 Å². The average Bonchev–Trinajstić information content (AvgIpc) is 2.86. The zero-order valence-corrected chi connectivity index (χ0v) is 14.5. The molecule has 1 aliphatic carbocycles. The summed E-state index contributed by atoms with van der Waals surface area (Å²) in [5.74, 6) is 0.333. The number of rotatable bonds is 12. The van der Waals surface area contributed by atoms with E-state index in [1.807, 2.05) is 6.08 Å². The lowest BCUT2D eigenvalue weighted by Gasteiger charge is -2.14. The van der Waals surface area contributed by atoms with Crippen LogP contribution in [0.1, 0.15) is 77.6 Å². The maximum Gasteiger partial charge on any atom is 0.303 e. The normalized spacial score (nSPS) is 21.7. The van der Waals surface area contributed by atoms with Crippen LogP contribution in [0.15, 0.2) is 24.3 Å². The van der Waals surface area contributed by atoms with Gasteiger partial charge >= 0.3 is 5.97 Å². The van der Waals surface area contributed by atoms with Crippen LogP contribution in [0.3, 0.4) is 0 Å². The quantitative estimate of drug-likeness (QED) is 0.391. The fourth-order valence-corrected chi connectivity index (χ4v) is 3.22. The van der Waals surface area contributed by atoms with Crippen molar-refractivity contribution >= 4 is 11.8 Å². The summed E-state index contributed by atoms with van der Waals surface area (Å²) in [6, 6.07) is 0. The Kier molecular flexibility index (Phi) is 10.3. The standard InChI is InChI=1S/C20H32O3/c1-2-3-4-5-6-9-12-17-15-16-19(21)18(17)13-10-7-8-11-14-20(22)23/h6-7,9-10,17-18H,2-5,8,11-16H2,1H3,(H,22,23)/b9-6+,10-7-/t17-,18+/m0/s1. The number of hydrogen-bond donors (Lipinski definition) is 1. The monoisotopic (exact) mass is 320 g/mol. The molecule has 1 aliphatic rings. The summed E-state index contributed by atoms with van der Waals surface area (Å²) >= 11 is 0. The topological polar surface area (TPSA) is 54.4 Å². The highest BCUT2D eigenvalue weighted by Crippen LogP contribution is 2.34. The Hall–Kier alpha value is -1.38. The van der Waals surface area contributed by atoms with Gasteiger partial charge in [-0.15, -0.1) is 0 Å². The van der Waals surface area contributed by atoms with Gasteiger partial charge in [0.25, 0.3) is 0 Å². The van der Waals surface area contributed by atoms with Gasteiger partial charge in [-0.25, -0.2) is 0 Å². The second-order valence-electron chi connectivity index (χ2n) is 6.57. The number of Topliss-reactive ketones (excluding diaryl/α,β-unsaturated/α-hetero) is 1. The van der Waals surface area contributed by atoms with Crippen LogP contribution in [0.5, 0.6) is 0 Å². The molecule has 130 valence electrons. The van der Waals surface area contributed by atoms with E-state index in [0.717, 1.165) is 38.5 Å². The Labute approximate surface area is 140 Å². The fraction of sp³-hybridized carbons (Fsp3) is 0.700. The summed E-state index contributed by atoms with van der Waals surface area (Å²) in [5.41, 5.74) is 0. The summed E-state index contributed by atoms with van der Waals surface area (Å²) in [6.45, 7) is 2.22. The number of allylic oxidation sites excluding steroid dienone is 4. The lowest BCUT2D eigenvalue weighted by molar-refractivity contribution is -0.137. The Morgan fingerprint density at radius 1 is 1.09 bits per heavy atom. The van der Waals surface area contributed by atoms with Gasteiger partial charge in [0.2, 0.25) is 0 Å². The van der Waals surface area contributed by atoms with Gasteiger partial charge in [-0.2, -0.15) is 0 Å². The third-order valence-corrected chi connectivity index (χ3v) is 4.64. The summed E-state index contributed by atoms with van der Waals surface area (Å²) in [4.78, 5) is 22.5. The molecule has 0 amide bonds. The molecule has 1 saturated carbocycles. The fourth-order valence-electron chi connectivity index (χ4n) is 3.22. The van der Waals surface area contributed by atoms with E-state index in [2.05, 4.69) is 25.2 Å². The van der Waals surface area contributed by atoms with Crippen molar-refractivity contribution in [1.29, 1.82) is 0 Å². The first-order chi connectivity index (χ1) is 11.1. The van der Waals surface area contributed by atoms with Crippen LogP contribution in [0.2, 0.25) is 0 Å². The summed E-state index contributed by atoms with van der Waals surface area (Å²) in [7, 11) is 0. The molecule has 0 unspecified atom stereocenters. The van der Waals surface area contributed by atoms with Crippen molar-refractivity contribution in [3.8, 4) is 0 Å². The minimum Gasteiger partial charge on any atom is -0.481 e. The zero-order chi connectivity index (χ0) is 16.9. The molecule has 0 spiro atoms. The Balaban J connectivity index is 2.26. The van der Waals surface area contributed by atoms with Crippen LogP contribution in [0.25, 0.3) is 0 Å². The first-order valence-corrected chi connectivity index (χ1v) is 9.19. The number of carboxylic acids is 1. The summed E-state index contributed by atoms with van der Waals surface area (Å²) in [5, 5.41) is 8.59. The number of hydrogen-bond acceptors (Lipinski definition) is 2. The molecular weight excluding hydrogens is 288 g/mol. The molecule has 0 bridgehead atoms. The molecular formula is C20H32O3. The molecule has 1 N–H and O–H groups in total. The minimum absolute atomic E-state index is 0.172. The highest BCUT2D eigenvalue weighted by Gasteiger charge is 2.32. The molecule has 3 heteroatoms. The third kappa shape index (κ3) is 8.73. The van der Waals surface area contributed by atoms with E-state index in [1.165, 1.54) is 19.3 Å². The van der Waals surface area contributed by atoms with Crippen molar-refractivity contribution in [2.45, 2.75) is 77.6 Å². The molecule has 0 aromatic carbocycles. The Morgan fingerprint density at radius 2 is 1.78 bits per heavy atom. The number of ketones is 1. The molecule has 1 rings (SSSR count). The van der Waals surface area contributed by atoms with E-state index in [1.54, 1.807) is 0 Å². The average molecular weight is 320 g/mol. The molecule has 3 nitrogen and oxygen atoms in total. The SMILES string of the molecule is CCCCC/C=C/C[C@H]1CCC(=O)[C@@H]1C/C=C\CCCC(=O)O. The molecule has 1 fully saturated rings. The van der Waals surface area contributed by atoms with E-state index in [4.69, 9.17) is 5.11 Å². The number of carbonyl (C=O) groups is 2. The highest BCUT2D eigenvalue weighted by molar-refractivity contribution is 5.83. The van der Waals surface area contributed by atoms with Gasteiger partial charge in [-0.3, -0.25) is 9.59 Å². The zero-order valence-electron chi connectivity index (χ0n) is 14.5. The predicted molar refractivity (Wildman–Crippen MR) is 94.4 cm³/mol. The van der Waals surface area contributed by atoms with Crippen molar-refractivity contribution in [2.75, 3.05) is 0 Å². The van der Waals surface area contributed by atoms with Crippen LogP contribution in [0, 0.1) is 11.8 Å². The van der Waals surface area contributed by atoms with E-state index in [-0.39, 0.29) is 12.3 Å². The van der Waals surface area contributed by atoms with Gasteiger partial charge in [0.15, 0.2) is 0 Å². The second-order valence-corrected chi connectivity index (χ2v) is 6.57. The van der Waals surface area contributed by atoms with Crippen molar-refractivity contribution < 1.29 is 14.7 Å². The lowest BCUT2D eigenvalue weighted by atomic mass is 9.89. The predicted octanol–water partition coefficient (Wildman–Crippen LogP) is 5.31. The van der Waals surface area contributed by atoms with Gasteiger partial charge in [-0.1, -0.05) is 44.1 Å². The maximum atomic E-state index is 12.0. The molecule has 0 aromatic heterocycles. The van der Waals surface area contributed by atoms with Crippen LogP contribution >= 0.6 is 0 Å². The van der Waals surface area contributed by atoms with Crippen molar-refractivity contribution in [2.24, 2.45) is 11.8 Å². The first kappa shape index (κ1) is 19.7. The van der Waals surface area contributed by atoms with E-state index < -0.39 is 5.97 Å². The molecule has 0 aromatic rings.